The lowest BCUT2D eigenvalue weighted by Crippen LogP contribution is -2.57. The third-order valence-corrected chi connectivity index (χ3v) is 7.78. The summed E-state index contributed by atoms with van der Waals surface area (Å²) in [7, 11) is 0. The molecule has 3 aromatic rings. The molecule has 1 N–H and O–H groups in total. The minimum absolute atomic E-state index is 0.373. The lowest BCUT2D eigenvalue weighted by atomic mass is 9.47. The molecule has 3 aliphatic carbocycles. The van der Waals surface area contributed by atoms with E-state index < -0.39 is 29.1 Å². The van der Waals surface area contributed by atoms with Gasteiger partial charge in [-0.05, 0) is 46.9 Å². The molecule has 2 bridgehead atoms. The van der Waals surface area contributed by atoms with Gasteiger partial charge in [-0.3, -0.25) is 14.4 Å². The molecule has 3 aromatic carbocycles. The first-order valence-electron chi connectivity index (χ1n) is 10.4. The Bertz CT molecular complexity index is 1320. The van der Waals surface area contributed by atoms with Gasteiger partial charge in [-0.25, -0.2) is 4.90 Å². The van der Waals surface area contributed by atoms with Crippen molar-refractivity contribution in [3.63, 3.8) is 0 Å². The SMILES string of the molecule is Cc1ccc(N2C(=O)C3C4c5ccccc5C(C(=O)O)(c5ccccc54)C3C2=O)cc1Cl. The Labute approximate surface area is 189 Å². The van der Waals surface area contributed by atoms with E-state index in [0.717, 1.165) is 21.6 Å². The Morgan fingerprint density at radius 2 is 1.53 bits per heavy atom. The quantitative estimate of drug-likeness (QED) is 0.600. The molecule has 1 fully saturated rings. The number of hydrogen-bond donors (Lipinski definition) is 1. The van der Waals surface area contributed by atoms with E-state index in [2.05, 4.69) is 0 Å². The van der Waals surface area contributed by atoms with Crippen molar-refractivity contribution in [3.8, 4) is 0 Å². The van der Waals surface area contributed by atoms with Crippen molar-refractivity contribution in [1.82, 2.24) is 0 Å². The van der Waals surface area contributed by atoms with Gasteiger partial charge in [0.05, 0.1) is 17.5 Å². The van der Waals surface area contributed by atoms with Crippen LogP contribution in [0.25, 0.3) is 0 Å². The number of imide groups is 1. The van der Waals surface area contributed by atoms with Crippen LogP contribution in [0, 0.1) is 18.8 Å². The number of halogens is 1. The third-order valence-electron chi connectivity index (χ3n) is 7.37. The van der Waals surface area contributed by atoms with Crippen LogP contribution in [0.5, 0.6) is 0 Å². The van der Waals surface area contributed by atoms with Crippen molar-refractivity contribution in [1.29, 1.82) is 0 Å². The Morgan fingerprint density at radius 3 is 2.09 bits per heavy atom. The number of carboxylic acid groups (broad SMARTS) is 1. The van der Waals surface area contributed by atoms with Crippen LogP contribution in [0.15, 0.2) is 66.7 Å². The van der Waals surface area contributed by atoms with E-state index in [0.29, 0.717) is 21.8 Å². The normalized spacial score (nSPS) is 27.2. The van der Waals surface area contributed by atoms with Crippen LogP contribution < -0.4 is 4.90 Å². The fraction of sp³-hybridized carbons (Fsp3) is 0.192. The maximum absolute atomic E-state index is 13.9. The molecular weight excluding hydrogens is 426 g/mol. The third kappa shape index (κ3) is 2.07. The minimum Gasteiger partial charge on any atom is -0.480 e. The molecular formula is C26H18ClNO4. The van der Waals surface area contributed by atoms with Gasteiger partial charge in [0.1, 0.15) is 5.41 Å². The highest BCUT2D eigenvalue weighted by Crippen LogP contribution is 2.64. The highest BCUT2D eigenvalue weighted by molar-refractivity contribution is 6.32. The van der Waals surface area contributed by atoms with Gasteiger partial charge in [0.2, 0.25) is 11.8 Å². The number of hydrogen-bond acceptors (Lipinski definition) is 3. The summed E-state index contributed by atoms with van der Waals surface area (Å²) in [5.41, 5.74) is 2.39. The number of carbonyl (C=O) groups is 3. The van der Waals surface area contributed by atoms with Crippen LogP contribution in [0.3, 0.4) is 0 Å². The molecule has 0 spiro atoms. The molecule has 5 nitrogen and oxygen atoms in total. The van der Waals surface area contributed by atoms with Crippen LogP contribution in [0.2, 0.25) is 5.02 Å². The summed E-state index contributed by atoms with van der Waals surface area (Å²) < 4.78 is 0. The summed E-state index contributed by atoms with van der Waals surface area (Å²) in [6.45, 7) is 1.84. The summed E-state index contributed by atoms with van der Waals surface area (Å²) >= 11 is 6.29. The Morgan fingerprint density at radius 1 is 0.938 bits per heavy atom. The largest absolute Gasteiger partial charge is 0.480 e. The molecule has 2 atom stereocenters. The second-order valence-corrected chi connectivity index (χ2v) is 9.12. The molecule has 1 aliphatic heterocycles. The topological polar surface area (TPSA) is 74.7 Å². The number of carboxylic acids is 1. The Hall–Kier alpha value is -3.44. The summed E-state index contributed by atoms with van der Waals surface area (Å²) in [6, 6.07) is 19.7. The fourth-order valence-electron chi connectivity index (χ4n) is 6.11. The Kier molecular flexibility index (Phi) is 3.79. The van der Waals surface area contributed by atoms with Gasteiger partial charge in [0.15, 0.2) is 0 Å². The van der Waals surface area contributed by atoms with Gasteiger partial charge < -0.3 is 5.11 Å². The zero-order valence-corrected chi connectivity index (χ0v) is 17.8. The molecule has 6 heteroatoms. The van der Waals surface area contributed by atoms with Gasteiger partial charge in [-0.2, -0.15) is 0 Å². The van der Waals surface area contributed by atoms with E-state index in [1.807, 2.05) is 31.2 Å². The predicted octanol–water partition coefficient (Wildman–Crippen LogP) is 4.28. The molecule has 7 rings (SSSR count). The lowest BCUT2D eigenvalue weighted by molar-refractivity contribution is -0.149. The van der Waals surface area contributed by atoms with E-state index in [4.69, 9.17) is 11.6 Å². The van der Waals surface area contributed by atoms with E-state index in [9.17, 15) is 19.5 Å². The summed E-state index contributed by atoms with van der Waals surface area (Å²) in [4.78, 5) is 41.9. The molecule has 4 aliphatic rings. The molecule has 0 aromatic heterocycles. The summed E-state index contributed by atoms with van der Waals surface area (Å²) in [5, 5.41) is 11.1. The first-order chi connectivity index (χ1) is 15.4. The summed E-state index contributed by atoms with van der Waals surface area (Å²) in [5.74, 6) is -4.17. The zero-order valence-electron chi connectivity index (χ0n) is 17.1. The number of carbonyl (C=O) groups excluding carboxylic acids is 2. The van der Waals surface area contributed by atoms with Gasteiger partial charge in [-0.1, -0.05) is 66.2 Å². The van der Waals surface area contributed by atoms with Crippen LogP contribution in [-0.2, 0) is 19.8 Å². The molecule has 1 saturated heterocycles. The highest BCUT2D eigenvalue weighted by Gasteiger charge is 2.71. The number of aliphatic carboxylic acids is 1. The van der Waals surface area contributed by atoms with Crippen LogP contribution in [0.1, 0.15) is 33.7 Å². The average Bonchev–Trinajstić information content (AvgIpc) is 3.06. The van der Waals surface area contributed by atoms with Crippen LogP contribution in [0.4, 0.5) is 5.69 Å². The molecule has 2 unspecified atom stereocenters. The number of benzene rings is 3. The second-order valence-electron chi connectivity index (χ2n) is 8.71. The number of rotatable bonds is 2. The van der Waals surface area contributed by atoms with E-state index in [1.165, 1.54) is 0 Å². The van der Waals surface area contributed by atoms with Crippen molar-refractivity contribution in [2.45, 2.75) is 18.3 Å². The van der Waals surface area contributed by atoms with Crippen molar-refractivity contribution in [2.75, 3.05) is 4.90 Å². The van der Waals surface area contributed by atoms with Gasteiger partial charge in [0.25, 0.3) is 0 Å². The Balaban J connectivity index is 1.66. The number of anilines is 1. The highest BCUT2D eigenvalue weighted by atomic mass is 35.5. The molecule has 2 amide bonds. The van der Waals surface area contributed by atoms with Crippen molar-refractivity contribution in [3.05, 3.63) is 99.6 Å². The van der Waals surface area contributed by atoms with Gasteiger partial charge in [0, 0.05) is 10.9 Å². The summed E-state index contributed by atoms with van der Waals surface area (Å²) in [6.07, 6.45) is 0. The molecule has 0 saturated carbocycles. The second kappa shape index (κ2) is 6.30. The standard InChI is InChI=1S/C26H18ClNO4/c1-13-10-11-14(12-19(13)27)28-23(29)21-20-15-6-2-4-8-17(15)26(25(31)32,22(21)24(28)30)18-9-5-3-7-16(18)20/h2-12,20-22H,1H3,(H,31,32). The maximum atomic E-state index is 13.9. The zero-order chi connectivity index (χ0) is 22.4. The first kappa shape index (κ1) is 19.3. The fourth-order valence-corrected chi connectivity index (χ4v) is 6.29. The predicted molar refractivity (Wildman–Crippen MR) is 119 cm³/mol. The van der Waals surface area contributed by atoms with Gasteiger partial charge >= 0.3 is 5.97 Å². The molecule has 0 radical (unpaired) electrons. The molecule has 158 valence electrons. The molecule has 1 heterocycles. The van der Waals surface area contributed by atoms with Crippen molar-refractivity contribution >= 4 is 35.1 Å². The smallest absolute Gasteiger partial charge is 0.319 e. The maximum Gasteiger partial charge on any atom is 0.319 e. The number of amides is 2. The lowest BCUT2D eigenvalue weighted by Gasteiger charge is -2.51. The number of nitrogens with zero attached hydrogens (tertiary/aromatic N) is 1. The van der Waals surface area contributed by atoms with Crippen LogP contribution in [-0.4, -0.2) is 22.9 Å². The first-order valence-corrected chi connectivity index (χ1v) is 10.8. The number of aryl methyl sites for hydroxylation is 1. The monoisotopic (exact) mass is 443 g/mol. The van der Waals surface area contributed by atoms with E-state index >= 15 is 0 Å². The average molecular weight is 444 g/mol. The molecule has 32 heavy (non-hydrogen) atoms. The van der Waals surface area contributed by atoms with Crippen LogP contribution >= 0.6 is 11.6 Å². The van der Waals surface area contributed by atoms with Gasteiger partial charge in [-0.15, -0.1) is 0 Å². The minimum atomic E-state index is -1.62. The van der Waals surface area contributed by atoms with Crippen molar-refractivity contribution in [2.24, 2.45) is 11.8 Å². The van der Waals surface area contributed by atoms with E-state index in [1.54, 1.807) is 42.5 Å². The van der Waals surface area contributed by atoms with Crippen molar-refractivity contribution < 1.29 is 19.5 Å². The van der Waals surface area contributed by atoms with E-state index in [-0.39, 0.29) is 11.8 Å².